The zero-order valence-electron chi connectivity index (χ0n) is 22.4. The lowest BCUT2D eigenvalue weighted by Crippen LogP contribution is -2.52. The summed E-state index contributed by atoms with van der Waals surface area (Å²) in [6.45, 7) is 3.82. The van der Waals surface area contributed by atoms with Gasteiger partial charge in [-0.3, -0.25) is 9.59 Å². The lowest BCUT2D eigenvalue weighted by molar-refractivity contribution is -0.183. The number of carbonyl (C=O) groups excluding carboxylic acids is 2. The van der Waals surface area contributed by atoms with Crippen molar-refractivity contribution < 1.29 is 23.5 Å². The van der Waals surface area contributed by atoms with E-state index in [4.69, 9.17) is 14.5 Å². The Balaban J connectivity index is 1.18. The standard InChI is InChI=1S/C32H29FN2O4S/c1-3-38-29(36)32(30(37)39-4-2)18-21(19-32)16-20-10-11-23(24(33)17-20)27-34-25-12-13-26(35-28(25)40-27)31(14-15-31)22-8-6-5-7-9-22/h5-15,17,21H,3-4,16,18-19H2,1-2H3. The van der Waals surface area contributed by atoms with E-state index in [1.165, 1.54) is 23.0 Å². The van der Waals surface area contributed by atoms with Gasteiger partial charge >= 0.3 is 11.9 Å². The number of fused-ring (bicyclic) bond motifs is 1. The van der Waals surface area contributed by atoms with E-state index in [9.17, 15) is 9.59 Å². The predicted octanol–water partition coefficient (Wildman–Crippen LogP) is 6.42. The number of benzene rings is 2. The summed E-state index contributed by atoms with van der Waals surface area (Å²) in [5.41, 5.74) is 2.53. The number of allylic oxidation sites excluding steroid dienone is 2. The van der Waals surface area contributed by atoms with Gasteiger partial charge in [0.05, 0.1) is 24.3 Å². The summed E-state index contributed by atoms with van der Waals surface area (Å²) >= 11 is 1.38. The van der Waals surface area contributed by atoms with Crippen molar-refractivity contribution in [1.29, 1.82) is 0 Å². The van der Waals surface area contributed by atoms with Gasteiger partial charge in [-0.05, 0) is 74.4 Å². The fourth-order valence-electron chi connectivity index (χ4n) is 5.69. The number of nitrogens with zero attached hydrogens (tertiary/aromatic N) is 2. The third kappa shape index (κ3) is 4.50. The number of halogens is 1. The largest absolute Gasteiger partial charge is 0.465 e. The van der Waals surface area contributed by atoms with Gasteiger partial charge in [0.2, 0.25) is 0 Å². The number of aromatic nitrogens is 2. The van der Waals surface area contributed by atoms with E-state index >= 15 is 4.39 Å². The first-order valence-corrected chi connectivity index (χ1v) is 14.4. The average Bonchev–Trinajstić information content (AvgIpc) is 3.64. The molecular formula is C32H29FN2O4S. The molecule has 0 spiro atoms. The molecule has 2 heterocycles. The van der Waals surface area contributed by atoms with Crippen molar-refractivity contribution in [2.45, 2.75) is 38.5 Å². The molecule has 0 unspecified atom stereocenters. The van der Waals surface area contributed by atoms with Gasteiger partial charge in [-0.2, -0.15) is 0 Å². The molecule has 0 bridgehead atoms. The number of carbonyl (C=O) groups is 2. The van der Waals surface area contributed by atoms with E-state index in [1.807, 2.05) is 36.4 Å². The smallest absolute Gasteiger partial charge is 0.323 e. The second kappa shape index (κ2) is 10.2. The minimum absolute atomic E-state index is 0.0529. The Morgan fingerprint density at radius 1 is 0.950 bits per heavy atom. The Morgan fingerprint density at radius 2 is 1.65 bits per heavy atom. The van der Waals surface area contributed by atoms with Crippen LogP contribution in [0.4, 0.5) is 4.39 Å². The van der Waals surface area contributed by atoms with Gasteiger partial charge in [0.1, 0.15) is 21.2 Å². The maximum absolute atomic E-state index is 15.3. The number of rotatable bonds is 9. The summed E-state index contributed by atoms with van der Waals surface area (Å²) in [7, 11) is 0. The molecule has 6 nitrogen and oxygen atoms in total. The molecule has 0 atom stereocenters. The van der Waals surface area contributed by atoms with Gasteiger partial charge in [-0.25, -0.2) is 14.4 Å². The normalized spacial score (nSPS) is 16.9. The monoisotopic (exact) mass is 556 g/mol. The molecule has 0 saturated heterocycles. The molecule has 0 N–H and O–H groups in total. The van der Waals surface area contributed by atoms with Gasteiger partial charge in [0.15, 0.2) is 5.41 Å². The second-order valence-corrected chi connectivity index (χ2v) is 11.4. The van der Waals surface area contributed by atoms with Crippen LogP contribution in [0.2, 0.25) is 0 Å². The summed E-state index contributed by atoms with van der Waals surface area (Å²) < 4.78 is 25.7. The molecule has 4 aromatic rings. The quantitative estimate of drug-likeness (QED) is 0.135. The molecule has 1 saturated carbocycles. The van der Waals surface area contributed by atoms with Crippen LogP contribution in [0.25, 0.3) is 20.9 Å². The third-order valence-corrected chi connectivity index (χ3v) is 8.82. The lowest BCUT2D eigenvalue weighted by atomic mass is 9.60. The summed E-state index contributed by atoms with van der Waals surface area (Å²) in [6, 6.07) is 19.3. The van der Waals surface area contributed by atoms with Gasteiger partial charge in [0.25, 0.3) is 0 Å². The molecule has 204 valence electrons. The highest BCUT2D eigenvalue weighted by molar-refractivity contribution is 7.21. The van der Waals surface area contributed by atoms with E-state index < -0.39 is 17.4 Å². The van der Waals surface area contributed by atoms with E-state index in [-0.39, 0.29) is 30.4 Å². The van der Waals surface area contributed by atoms with Crippen molar-refractivity contribution in [2.24, 2.45) is 11.3 Å². The minimum Gasteiger partial charge on any atom is -0.465 e. The Morgan fingerprint density at radius 3 is 2.27 bits per heavy atom. The number of hydrogen-bond acceptors (Lipinski definition) is 7. The molecule has 8 heteroatoms. The van der Waals surface area contributed by atoms with Gasteiger partial charge in [0, 0.05) is 5.56 Å². The minimum atomic E-state index is -1.25. The maximum atomic E-state index is 15.3. The predicted molar refractivity (Wildman–Crippen MR) is 151 cm³/mol. The number of hydrogen-bond donors (Lipinski definition) is 0. The van der Waals surface area contributed by atoms with Crippen LogP contribution in [-0.4, -0.2) is 35.1 Å². The first-order valence-electron chi connectivity index (χ1n) is 13.6. The first-order chi connectivity index (χ1) is 19.4. The number of pyridine rings is 1. The van der Waals surface area contributed by atoms with Crippen LogP contribution in [0.15, 0.2) is 72.8 Å². The first kappa shape index (κ1) is 26.3. The van der Waals surface area contributed by atoms with Crippen LogP contribution in [0, 0.1) is 17.2 Å². The van der Waals surface area contributed by atoms with Crippen molar-refractivity contribution in [3.63, 3.8) is 0 Å². The molecule has 2 aromatic carbocycles. The van der Waals surface area contributed by atoms with Gasteiger partial charge in [-0.15, -0.1) is 0 Å². The molecule has 0 aliphatic heterocycles. The van der Waals surface area contributed by atoms with Gasteiger partial charge < -0.3 is 9.47 Å². The lowest BCUT2D eigenvalue weighted by Gasteiger charge is -2.43. The van der Waals surface area contributed by atoms with Crippen molar-refractivity contribution in [3.8, 4) is 10.6 Å². The summed E-state index contributed by atoms with van der Waals surface area (Å²) in [4.78, 5) is 35.4. The molecule has 6 rings (SSSR count). The third-order valence-electron chi connectivity index (χ3n) is 7.83. The number of ether oxygens (including phenoxy) is 2. The second-order valence-electron chi connectivity index (χ2n) is 10.4. The van der Waals surface area contributed by atoms with Crippen molar-refractivity contribution in [2.75, 3.05) is 13.2 Å². The SMILES string of the molecule is CCOC(=O)C1(C(=O)OCC)CC(Cc2ccc(-c3nc4ccc(C5(c6ccccc6)C=C5)nc4s3)c(F)c2)C1. The van der Waals surface area contributed by atoms with Crippen LogP contribution in [0.1, 0.15) is 43.5 Å². The van der Waals surface area contributed by atoms with Crippen LogP contribution in [0.5, 0.6) is 0 Å². The molecule has 2 aromatic heterocycles. The fourth-order valence-corrected chi connectivity index (χ4v) is 6.65. The van der Waals surface area contributed by atoms with Crippen molar-refractivity contribution >= 4 is 33.6 Å². The van der Waals surface area contributed by atoms with E-state index in [0.717, 1.165) is 21.6 Å². The van der Waals surface area contributed by atoms with Crippen LogP contribution >= 0.6 is 11.3 Å². The highest BCUT2D eigenvalue weighted by Gasteiger charge is 2.58. The Labute approximate surface area is 235 Å². The average molecular weight is 557 g/mol. The maximum Gasteiger partial charge on any atom is 0.323 e. The van der Waals surface area contributed by atoms with Crippen molar-refractivity contribution in [3.05, 3.63) is 95.5 Å². The van der Waals surface area contributed by atoms with Crippen LogP contribution < -0.4 is 0 Å². The Bertz CT molecular complexity index is 1600. The molecule has 0 amide bonds. The topological polar surface area (TPSA) is 78.4 Å². The Hall–Kier alpha value is -3.91. The highest BCUT2D eigenvalue weighted by Crippen LogP contribution is 2.49. The fraction of sp³-hybridized carbons (Fsp3) is 0.312. The summed E-state index contributed by atoms with van der Waals surface area (Å²) in [5, 5.41) is 0.577. The Kier molecular flexibility index (Phi) is 6.74. The summed E-state index contributed by atoms with van der Waals surface area (Å²) in [5.74, 6) is -1.38. The molecule has 0 radical (unpaired) electrons. The molecule has 2 aliphatic carbocycles. The number of thiazole rings is 1. The van der Waals surface area contributed by atoms with E-state index in [0.29, 0.717) is 29.8 Å². The molecule has 40 heavy (non-hydrogen) atoms. The van der Waals surface area contributed by atoms with Crippen LogP contribution in [-0.2, 0) is 30.9 Å². The zero-order chi connectivity index (χ0) is 27.9. The molecular weight excluding hydrogens is 527 g/mol. The highest BCUT2D eigenvalue weighted by atomic mass is 32.1. The number of esters is 2. The van der Waals surface area contributed by atoms with E-state index in [1.54, 1.807) is 19.9 Å². The molecule has 1 fully saturated rings. The van der Waals surface area contributed by atoms with Crippen molar-refractivity contribution in [1.82, 2.24) is 9.97 Å². The van der Waals surface area contributed by atoms with Crippen LogP contribution in [0.3, 0.4) is 0 Å². The zero-order valence-corrected chi connectivity index (χ0v) is 23.2. The molecule has 2 aliphatic rings. The van der Waals surface area contributed by atoms with Gasteiger partial charge in [-0.1, -0.05) is 59.9 Å². The van der Waals surface area contributed by atoms with E-state index in [2.05, 4.69) is 29.3 Å². The summed E-state index contributed by atoms with van der Waals surface area (Å²) in [6.07, 6.45) is 5.50.